The molecule has 0 aliphatic carbocycles. The van der Waals surface area contributed by atoms with E-state index in [9.17, 15) is 0 Å². The van der Waals surface area contributed by atoms with Crippen LogP contribution in [0.4, 0.5) is 0 Å². The SMILES string of the molecule is c1ccc(C2=NCCCN2)c(OCC2CCCO2)c1. The van der Waals surface area contributed by atoms with Gasteiger partial charge in [0.25, 0.3) is 0 Å². The van der Waals surface area contributed by atoms with E-state index in [0.717, 1.165) is 56.1 Å². The summed E-state index contributed by atoms with van der Waals surface area (Å²) >= 11 is 0. The van der Waals surface area contributed by atoms with E-state index in [1.54, 1.807) is 0 Å². The van der Waals surface area contributed by atoms with Crippen molar-refractivity contribution in [3.8, 4) is 5.75 Å². The molecule has 4 nitrogen and oxygen atoms in total. The minimum Gasteiger partial charge on any atom is -0.490 e. The largest absolute Gasteiger partial charge is 0.490 e. The van der Waals surface area contributed by atoms with Crippen molar-refractivity contribution in [2.45, 2.75) is 25.4 Å². The summed E-state index contributed by atoms with van der Waals surface area (Å²) in [6.45, 7) is 3.37. The Morgan fingerprint density at radius 3 is 3.05 bits per heavy atom. The van der Waals surface area contributed by atoms with Crippen LogP contribution in [0.5, 0.6) is 5.75 Å². The quantitative estimate of drug-likeness (QED) is 0.900. The molecular formula is C15H20N2O2. The van der Waals surface area contributed by atoms with Crippen LogP contribution in [0.25, 0.3) is 0 Å². The smallest absolute Gasteiger partial charge is 0.132 e. The van der Waals surface area contributed by atoms with Crippen LogP contribution in [0.2, 0.25) is 0 Å². The van der Waals surface area contributed by atoms with Gasteiger partial charge in [0.15, 0.2) is 0 Å². The zero-order chi connectivity index (χ0) is 12.9. The van der Waals surface area contributed by atoms with E-state index in [2.05, 4.69) is 16.4 Å². The van der Waals surface area contributed by atoms with Gasteiger partial charge in [-0.15, -0.1) is 0 Å². The summed E-state index contributed by atoms with van der Waals surface area (Å²) in [5, 5.41) is 3.34. The lowest BCUT2D eigenvalue weighted by Crippen LogP contribution is -2.30. The lowest BCUT2D eigenvalue weighted by Gasteiger charge is -2.18. The maximum atomic E-state index is 5.93. The highest BCUT2D eigenvalue weighted by Gasteiger charge is 2.18. The van der Waals surface area contributed by atoms with Crippen LogP contribution < -0.4 is 10.1 Å². The molecule has 1 N–H and O–H groups in total. The predicted molar refractivity (Wildman–Crippen MR) is 74.9 cm³/mol. The fraction of sp³-hybridized carbons (Fsp3) is 0.533. The normalized spacial score (nSPS) is 22.7. The fourth-order valence-electron chi connectivity index (χ4n) is 2.46. The van der Waals surface area contributed by atoms with E-state index in [0.29, 0.717) is 6.61 Å². The van der Waals surface area contributed by atoms with Crippen molar-refractivity contribution in [2.75, 3.05) is 26.3 Å². The molecule has 0 amide bonds. The molecule has 0 saturated carbocycles. The highest BCUT2D eigenvalue weighted by molar-refractivity contribution is 6.01. The first-order valence-electron chi connectivity index (χ1n) is 7.05. The first kappa shape index (κ1) is 12.5. The van der Waals surface area contributed by atoms with Crippen molar-refractivity contribution in [1.82, 2.24) is 5.32 Å². The zero-order valence-electron chi connectivity index (χ0n) is 11.1. The number of benzene rings is 1. The molecule has 2 aliphatic heterocycles. The van der Waals surface area contributed by atoms with Gasteiger partial charge in [-0.1, -0.05) is 12.1 Å². The Balaban J connectivity index is 1.71. The first-order valence-corrected chi connectivity index (χ1v) is 7.05. The van der Waals surface area contributed by atoms with E-state index < -0.39 is 0 Å². The molecule has 2 aliphatic rings. The standard InChI is InChI=1S/C15H20N2O2/c1-2-7-14(19-11-12-5-3-10-18-12)13(6-1)15-16-8-4-9-17-15/h1-2,6-7,12H,3-5,8-11H2,(H,16,17). The van der Waals surface area contributed by atoms with Crippen LogP contribution >= 0.6 is 0 Å². The maximum Gasteiger partial charge on any atom is 0.132 e. The van der Waals surface area contributed by atoms with Gasteiger partial charge in [0.2, 0.25) is 0 Å². The molecule has 0 radical (unpaired) electrons. The Labute approximate surface area is 113 Å². The number of amidine groups is 1. The molecule has 1 fully saturated rings. The van der Waals surface area contributed by atoms with E-state index in [1.807, 2.05) is 18.2 Å². The number of rotatable bonds is 4. The van der Waals surface area contributed by atoms with Gasteiger partial charge in [-0.05, 0) is 31.4 Å². The van der Waals surface area contributed by atoms with Crippen LogP contribution in [-0.4, -0.2) is 38.2 Å². The Kier molecular flexibility index (Phi) is 3.98. The second-order valence-electron chi connectivity index (χ2n) is 4.95. The number of nitrogens with one attached hydrogen (secondary N) is 1. The van der Waals surface area contributed by atoms with Crippen LogP contribution in [0, 0.1) is 0 Å². The molecule has 1 saturated heterocycles. The average Bonchev–Trinajstić information content (AvgIpc) is 3.00. The molecule has 1 aromatic carbocycles. The first-order chi connectivity index (χ1) is 9.43. The number of nitrogens with zero attached hydrogens (tertiary/aromatic N) is 1. The molecule has 2 heterocycles. The topological polar surface area (TPSA) is 42.9 Å². The van der Waals surface area contributed by atoms with Crippen molar-refractivity contribution >= 4 is 5.84 Å². The summed E-state index contributed by atoms with van der Waals surface area (Å²) in [4.78, 5) is 4.53. The van der Waals surface area contributed by atoms with E-state index >= 15 is 0 Å². The van der Waals surface area contributed by atoms with Crippen molar-refractivity contribution in [3.05, 3.63) is 29.8 Å². The molecule has 1 aromatic rings. The fourth-order valence-corrected chi connectivity index (χ4v) is 2.46. The molecule has 0 bridgehead atoms. The Bertz CT molecular complexity index is 453. The van der Waals surface area contributed by atoms with Crippen LogP contribution in [0.1, 0.15) is 24.8 Å². The second-order valence-corrected chi connectivity index (χ2v) is 4.95. The highest BCUT2D eigenvalue weighted by atomic mass is 16.5. The van der Waals surface area contributed by atoms with E-state index in [1.165, 1.54) is 0 Å². The Hall–Kier alpha value is -1.55. The Morgan fingerprint density at radius 2 is 2.26 bits per heavy atom. The minimum absolute atomic E-state index is 0.245. The van der Waals surface area contributed by atoms with Crippen molar-refractivity contribution in [1.29, 1.82) is 0 Å². The van der Waals surface area contributed by atoms with Crippen molar-refractivity contribution < 1.29 is 9.47 Å². The van der Waals surface area contributed by atoms with Crippen LogP contribution in [-0.2, 0) is 4.74 Å². The summed E-state index contributed by atoms with van der Waals surface area (Å²) in [5.74, 6) is 1.85. The number of para-hydroxylation sites is 1. The van der Waals surface area contributed by atoms with Gasteiger partial charge < -0.3 is 14.8 Å². The number of hydrogen-bond acceptors (Lipinski definition) is 4. The van der Waals surface area contributed by atoms with Gasteiger partial charge in [-0.3, -0.25) is 4.99 Å². The maximum absolute atomic E-state index is 5.93. The monoisotopic (exact) mass is 260 g/mol. The summed E-state index contributed by atoms with van der Waals surface area (Å²) in [6.07, 6.45) is 3.59. The van der Waals surface area contributed by atoms with Crippen LogP contribution in [0.3, 0.4) is 0 Å². The summed E-state index contributed by atoms with van der Waals surface area (Å²) < 4.78 is 11.5. The van der Waals surface area contributed by atoms with Crippen molar-refractivity contribution in [3.63, 3.8) is 0 Å². The summed E-state index contributed by atoms with van der Waals surface area (Å²) in [7, 11) is 0. The number of aliphatic imine (C=N–C) groups is 1. The summed E-state index contributed by atoms with van der Waals surface area (Å²) in [6, 6.07) is 8.08. The van der Waals surface area contributed by atoms with Gasteiger partial charge in [-0.2, -0.15) is 0 Å². The molecule has 1 atom stereocenters. The molecular weight excluding hydrogens is 240 g/mol. The molecule has 102 valence electrons. The average molecular weight is 260 g/mol. The summed E-state index contributed by atoms with van der Waals surface area (Å²) in [5.41, 5.74) is 1.06. The lowest BCUT2D eigenvalue weighted by molar-refractivity contribution is 0.0679. The van der Waals surface area contributed by atoms with Crippen molar-refractivity contribution in [2.24, 2.45) is 4.99 Å². The molecule has 19 heavy (non-hydrogen) atoms. The molecule has 4 heteroatoms. The van der Waals surface area contributed by atoms with Gasteiger partial charge in [0, 0.05) is 19.7 Å². The van der Waals surface area contributed by atoms with E-state index in [-0.39, 0.29) is 6.10 Å². The third kappa shape index (κ3) is 3.07. The minimum atomic E-state index is 0.245. The molecule has 3 rings (SSSR count). The predicted octanol–water partition coefficient (Wildman–Crippen LogP) is 1.98. The van der Waals surface area contributed by atoms with Gasteiger partial charge in [0.05, 0.1) is 11.7 Å². The number of ether oxygens (including phenoxy) is 2. The Morgan fingerprint density at radius 1 is 1.32 bits per heavy atom. The highest BCUT2D eigenvalue weighted by Crippen LogP contribution is 2.21. The molecule has 0 spiro atoms. The third-order valence-corrected chi connectivity index (χ3v) is 3.49. The van der Waals surface area contributed by atoms with Gasteiger partial charge >= 0.3 is 0 Å². The van der Waals surface area contributed by atoms with Gasteiger partial charge in [0.1, 0.15) is 18.2 Å². The lowest BCUT2D eigenvalue weighted by atomic mass is 10.1. The molecule has 1 unspecified atom stereocenters. The second kappa shape index (κ2) is 6.06. The van der Waals surface area contributed by atoms with E-state index in [4.69, 9.17) is 9.47 Å². The molecule has 0 aromatic heterocycles. The van der Waals surface area contributed by atoms with Gasteiger partial charge in [-0.25, -0.2) is 0 Å². The number of hydrogen-bond donors (Lipinski definition) is 1. The van der Waals surface area contributed by atoms with Crippen LogP contribution in [0.15, 0.2) is 29.3 Å². The zero-order valence-corrected chi connectivity index (χ0v) is 11.1. The third-order valence-electron chi connectivity index (χ3n) is 3.49.